The van der Waals surface area contributed by atoms with Gasteiger partial charge < -0.3 is 19.1 Å². The highest BCUT2D eigenvalue weighted by atomic mass is 16.6. The van der Waals surface area contributed by atoms with E-state index in [1.54, 1.807) is 6.92 Å². The molecule has 1 aliphatic heterocycles. The molecule has 1 aliphatic rings. The molecular formula is C9H11NO5. The Morgan fingerprint density at radius 1 is 1.73 bits per heavy atom. The Balaban J connectivity index is 2.13. The predicted octanol–water partition coefficient (Wildman–Crippen LogP) is 0.0691. The smallest absolute Gasteiger partial charge is 0.360 e. The first-order valence-electron chi connectivity index (χ1n) is 4.60. The van der Waals surface area contributed by atoms with E-state index in [2.05, 4.69) is 5.16 Å². The summed E-state index contributed by atoms with van der Waals surface area (Å²) in [6.45, 7) is 2.29. The van der Waals surface area contributed by atoms with Crippen LogP contribution in [0.25, 0.3) is 0 Å². The molecule has 15 heavy (non-hydrogen) atoms. The summed E-state index contributed by atoms with van der Waals surface area (Å²) in [5, 5.41) is 13.3. The molecule has 1 aromatic rings. The Morgan fingerprint density at radius 3 is 3.00 bits per heavy atom. The maximum atomic E-state index is 11.2. The van der Waals surface area contributed by atoms with E-state index in [9.17, 15) is 9.90 Å². The number of carbonyl (C=O) groups is 1. The molecule has 6 nitrogen and oxygen atoms in total. The van der Waals surface area contributed by atoms with Gasteiger partial charge in [0.2, 0.25) is 0 Å². The van der Waals surface area contributed by atoms with Gasteiger partial charge in [0, 0.05) is 6.07 Å². The number of aromatic nitrogens is 1. The van der Waals surface area contributed by atoms with Crippen LogP contribution >= 0.6 is 0 Å². The van der Waals surface area contributed by atoms with Crippen LogP contribution in [0.1, 0.15) is 23.2 Å². The van der Waals surface area contributed by atoms with Crippen molar-refractivity contribution >= 4 is 5.97 Å². The molecule has 0 radical (unpaired) electrons. The van der Waals surface area contributed by atoms with Gasteiger partial charge in [-0.2, -0.15) is 0 Å². The van der Waals surface area contributed by atoms with E-state index >= 15 is 0 Å². The number of aliphatic hydroxyl groups is 1. The van der Waals surface area contributed by atoms with Gasteiger partial charge in [-0.25, -0.2) is 4.79 Å². The van der Waals surface area contributed by atoms with Crippen molar-refractivity contribution in [2.24, 2.45) is 0 Å². The third-order valence-electron chi connectivity index (χ3n) is 2.14. The van der Waals surface area contributed by atoms with Crippen molar-refractivity contribution in [1.82, 2.24) is 5.16 Å². The van der Waals surface area contributed by atoms with E-state index in [1.165, 1.54) is 6.07 Å². The zero-order valence-electron chi connectivity index (χ0n) is 8.23. The first-order valence-corrected chi connectivity index (χ1v) is 4.60. The molecule has 0 atom stereocenters. The van der Waals surface area contributed by atoms with E-state index in [-0.39, 0.29) is 31.3 Å². The molecular weight excluding hydrogens is 202 g/mol. The largest absolute Gasteiger partial charge is 0.461 e. The Hall–Kier alpha value is -1.40. The normalized spacial score (nSPS) is 18.3. The lowest BCUT2D eigenvalue weighted by molar-refractivity contribution is -0.195. The Morgan fingerprint density at radius 2 is 2.47 bits per heavy atom. The summed E-state index contributed by atoms with van der Waals surface area (Å²) in [7, 11) is 0. The minimum Gasteiger partial charge on any atom is -0.461 e. The van der Waals surface area contributed by atoms with Crippen LogP contribution in [0.5, 0.6) is 0 Å². The van der Waals surface area contributed by atoms with Gasteiger partial charge in [-0.15, -0.1) is 0 Å². The summed E-state index contributed by atoms with van der Waals surface area (Å²) in [5.41, 5.74) is -1.08. The Kier molecular flexibility index (Phi) is 2.45. The predicted molar refractivity (Wildman–Crippen MR) is 47.2 cm³/mol. The summed E-state index contributed by atoms with van der Waals surface area (Å²) in [4.78, 5) is 11.2. The fraction of sp³-hybridized carbons (Fsp3) is 0.556. The number of ether oxygens (including phenoxy) is 2. The number of esters is 1. The van der Waals surface area contributed by atoms with Crippen LogP contribution in [0.2, 0.25) is 0 Å². The molecule has 1 saturated heterocycles. The average molecular weight is 213 g/mol. The SMILES string of the molecule is CCOC(=O)c1cc(C2(O)COC2)on1. The maximum absolute atomic E-state index is 11.2. The van der Waals surface area contributed by atoms with E-state index in [0.717, 1.165) is 0 Å². The maximum Gasteiger partial charge on any atom is 0.360 e. The second-order valence-electron chi connectivity index (χ2n) is 3.32. The fourth-order valence-electron chi connectivity index (χ4n) is 1.23. The zero-order valence-corrected chi connectivity index (χ0v) is 8.23. The number of hydrogen-bond acceptors (Lipinski definition) is 6. The molecule has 0 amide bonds. The van der Waals surface area contributed by atoms with Crippen LogP contribution in [0.15, 0.2) is 10.6 Å². The molecule has 2 heterocycles. The molecule has 1 fully saturated rings. The molecule has 0 saturated carbocycles. The summed E-state index contributed by atoms with van der Waals surface area (Å²) >= 11 is 0. The van der Waals surface area contributed by atoms with E-state index in [1.807, 2.05) is 0 Å². The first kappa shape index (κ1) is 10.1. The molecule has 6 heteroatoms. The van der Waals surface area contributed by atoms with Crippen LogP contribution in [0.4, 0.5) is 0 Å². The van der Waals surface area contributed by atoms with Crippen molar-refractivity contribution in [1.29, 1.82) is 0 Å². The number of rotatable bonds is 3. The Labute approximate surface area is 85.8 Å². The highest BCUT2D eigenvalue weighted by Gasteiger charge is 2.42. The zero-order chi connectivity index (χ0) is 10.9. The standard InChI is InChI=1S/C9H11NO5/c1-2-14-8(11)6-3-7(15-10-6)9(12)4-13-5-9/h3,12H,2,4-5H2,1H3. The summed E-state index contributed by atoms with van der Waals surface area (Å²) < 4.78 is 14.4. The van der Waals surface area contributed by atoms with Crippen molar-refractivity contribution in [2.75, 3.05) is 19.8 Å². The van der Waals surface area contributed by atoms with Crippen molar-refractivity contribution in [3.05, 3.63) is 17.5 Å². The van der Waals surface area contributed by atoms with E-state index < -0.39 is 11.6 Å². The van der Waals surface area contributed by atoms with Crippen molar-refractivity contribution < 1.29 is 23.9 Å². The number of hydrogen-bond donors (Lipinski definition) is 1. The third kappa shape index (κ3) is 1.73. The average Bonchev–Trinajstić information content (AvgIpc) is 2.63. The van der Waals surface area contributed by atoms with Gasteiger partial charge in [0.25, 0.3) is 0 Å². The monoisotopic (exact) mass is 213 g/mol. The highest BCUT2D eigenvalue weighted by Crippen LogP contribution is 2.29. The molecule has 1 N–H and O–H groups in total. The lowest BCUT2D eigenvalue weighted by Gasteiger charge is -2.33. The van der Waals surface area contributed by atoms with Crippen LogP contribution in [-0.2, 0) is 15.1 Å². The van der Waals surface area contributed by atoms with Crippen molar-refractivity contribution in [3.63, 3.8) is 0 Å². The van der Waals surface area contributed by atoms with Crippen LogP contribution in [0.3, 0.4) is 0 Å². The van der Waals surface area contributed by atoms with Crippen LogP contribution in [-0.4, -0.2) is 36.1 Å². The minimum absolute atomic E-state index is 0.0622. The minimum atomic E-state index is -1.14. The lowest BCUT2D eigenvalue weighted by Crippen LogP contribution is -2.46. The second-order valence-corrected chi connectivity index (χ2v) is 3.32. The molecule has 0 spiro atoms. The van der Waals surface area contributed by atoms with Gasteiger partial charge in [-0.05, 0) is 6.92 Å². The van der Waals surface area contributed by atoms with Crippen molar-refractivity contribution in [2.45, 2.75) is 12.5 Å². The van der Waals surface area contributed by atoms with Gasteiger partial charge in [0.1, 0.15) is 0 Å². The van der Waals surface area contributed by atoms with Gasteiger partial charge in [0.15, 0.2) is 17.1 Å². The van der Waals surface area contributed by atoms with E-state index in [0.29, 0.717) is 0 Å². The quantitative estimate of drug-likeness (QED) is 0.715. The fourth-order valence-corrected chi connectivity index (χ4v) is 1.23. The summed E-state index contributed by atoms with van der Waals surface area (Å²) in [6, 6.07) is 1.38. The highest BCUT2D eigenvalue weighted by molar-refractivity contribution is 5.87. The molecule has 2 rings (SSSR count). The van der Waals surface area contributed by atoms with Gasteiger partial charge in [-0.3, -0.25) is 0 Å². The number of carbonyl (C=O) groups excluding carboxylic acids is 1. The van der Waals surface area contributed by atoms with Gasteiger partial charge >= 0.3 is 5.97 Å². The molecule has 0 aliphatic carbocycles. The summed E-state index contributed by atoms with van der Waals surface area (Å²) in [6.07, 6.45) is 0. The third-order valence-corrected chi connectivity index (χ3v) is 2.14. The summed E-state index contributed by atoms with van der Waals surface area (Å²) in [5.74, 6) is -0.326. The van der Waals surface area contributed by atoms with Crippen LogP contribution < -0.4 is 0 Å². The first-order chi connectivity index (χ1) is 7.15. The van der Waals surface area contributed by atoms with Gasteiger partial charge in [0.05, 0.1) is 19.8 Å². The van der Waals surface area contributed by atoms with Gasteiger partial charge in [-0.1, -0.05) is 5.16 Å². The van der Waals surface area contributed by atoms with Crippen LogP contribution in [0, 0.1) is 0 Å². The molecule has 1 aromatic heterocycles. The Bertz CT molecular complexity index is 368. The number of nitrogens with zero attached hydrogens (tertiary/aromatic N) is 1. The molecule has 82 valence electrons. The molecule has 0 aromatic carbocycles. The topological polar surface area (TPSA) is 81.8 Å². The van der Waals surface area contributed by atoms with E-state index in [4.69, 9.17) is 14.0 Å². The lowest BCUT2D eigenvalue weighted by atomic mass is 9.99. The molecule has 0 unspecified atom stereocenters. The molecule has 0 bridgehead atoms. The van der Waals surface area contributed by atoms with Crippen molar-refractivity contribution in [3.8, 4) is 0 Å². The second kappa shape index (κ2) is 3.63.